The number of piperazine rings is 1. The van der Waals surface area contributed by atoms with Gasteiger partial charge in [-0.05, 0) is 33.2 Å². The van der Waals surface area contributed by atoms with Crippen molar-refractivity contribution in [3.63, 3.8) is 0 Å². The minimum Gasteiger partial charge on any atom is -0.325 e. The van der Waals surface area contributed by atoms with E-state index in [0.717, 1.165) is 25.9 Å². The Bertz CT molecular complexity index is 328. The molecule has 2 saturated heterocycles. The van der Waals surface area contributed by atoms with Crippen LogP contribution in [0.1, 0.15) is 33.1 Å². The van der Waals surface area contributed by atoms with Crippen molar-refractivity contribution in [3.05, 3.63) is 0 Å². The van der Waals surface area contributed by atoms with E-state index in [-0.39, 0.29) is 18.0 Å². The van der Waals surface area contributed by atoms with Gasteiger partial charge in [-0.2, -0.15) is 0 Å². The summed E-state index contributed by atoms with van der Waals surface area (Å²) in [5.41, 5.74) is 0. The van der Waals surface area contributed by atoms with Gasteiger partial charge in [-0.3, -0.25) is 14.6 Å². The van der Waals surface area contributed by atoms with E-state index in [4.69, 9.17) is 0 Å². The van der Waals surface area contributed by atoms with E-state index in [0.29, 0.717) is 19.6 Å². The number of hydrogen-bond donors (Lipinski definition) is 0. The van der Waals surface area contributed by atoms with Crippen molar-refractivity contribution in [2.45, 2.75) is 39.2 Å². The number of carbonyl (C=O) groups is 2. The summed E-state index contributed by atoms with van der Waals surface area (Å²) >= 11 is 0. The van der Waals surface area contributed by atoms with Gasteiger partial charge in [0.05, 0.1) is 6.04 Å². The van der Waals surface area contributed by atoms with Crippen LogP contribution in [0.25, 0.3) is 0 Å². The largest absolute Gasteiger partial charge is 0.326 e. The molecule has 5 nitrogen and oxygen atoms in total. The van der Waals surface area contributed by atoms with Gasteiger partial charge in [-0.15, -0.1) is 0 Å². The molecule has 1 atom stereocenters. The maximum atomic E-state index is 12.4. The maximum absolute atomic E-state index is 12.4. The molecule has 0 aromatic rings. The van der Waals surface area contributed by atoms with Crippen LogP contribution in [0.2, 0.25) is 0 Å². The van der Waals surface area contributed by atoms with Crippen LogP contribution in [-0.2, 0) is 4.79 Å². The Labute approximate surface area is 109 Å². The number of carbonyl (C=O) groups excluding carboxylic acids is 2. The number of piperidine rings is 1. The molecule has 0 spiro atoms. The molecule has 3 amide bonds. The number of hydrogen-bond acceptors (Lipinski definition) is 3. The van der Waals surface area contributed by atoms with E-state index in [1.165, 1.54) is 11.3 Å². The number of nitrogens with zero attached hydrogens (tertiary/aromatic N) is 3. The average molecular weight is 253 g/mol. The Kier molecular flexibility index (Phi) is 4.22. The zero-order valence-corrected chi connectivity index (χ0v) is 11.4. The summed E-state index contributed by atoms with van der Waals surface area (Å²) in [6.07, 6.45) is 3.18. The van der Waals surface area contributed by atoms with Gasteiger partial charge >= 0.3 is 6.03 Å². The van der Waals surface area contributed by atoms with E-state index in [1.54, 1.807) is 4.90 Å². The molecular formula is C13H23N3O2. The van der Waals surface area contributed by atoms with Gasteiger partial charge < -0.3 is 4.90 Å². The van der Waals surface area contributed by atoms with Crippen LogP contribution in [0, 0.1) is 0 Å². The Balaban J connectivity index is 2.06. The molecule has 2 heterocycles. The fourth-order valence-electron chi connectivity index (χ4n) is 2.91. The molecule has 1 unspecified atom stereocenters. The Morgan fingerprint density at radius 3 is 2.61 bits per heavy atom. The highest BCUT2D eigenvalue weighted by Crippen LogP contribution is 2.22. The second-order valence-corrected chi connectivity index (χ2v) is 4.99. The predicted octanol–water partition coefficient (Wildman–Crippen LogP) is 1.14. The summed E-state index contributed by atoms with van der Waals surface area (Å²) in [5, 5.41) is 0. The summed E-state index contributed by atoms with van der Waals surface area (Å²) in [5.74, 6) is 0.0119. The first-order valence-electron chi connectivity index (χ1n) is 7.03. The molecule has 102 valence electrons. The van der Waals surface area contributed by atoms with Gasteiger partial charge in [-0.25, -0.2) is 4.79 Å². The SMILES string of the molecule is CCN(CC)C(=O)N1CCN2CCCCC2C1=O. The number of rotatable bonds is 2. The first kappa shape index (κ1) is 13.3. The van der Waals surface area contributed by atoms with E-state index >= 15 is 0 Å². The molecule has 2 rings (SSSR count). The van der Waals surface area contributed by atoms with E-state index < -0.39 is 0 Å². The first-order chi connectivity index (χ1) is 8.69. The van der Waals surface area contributed by atoms with Gasteiger partial charge in [0.25, 0.3) is 0 Å². The van der Waals surface area contributed by atoms with Crippen LogP contribution < -0.4 is 0 Å². The average Bonchev–Trinajstić information content (AvgIpc) is 2.40. The highest BCUT2D eigenvalue weighted by atomic mass is 16.2. The highest BCUT2D eigenvalue weighted by Gasteiger charge is 2.39. The Morgan fingerprint density at radius 1 is 1.22 bits per heavy atom. The van der Waals surface area contributed by atoms with Crippen molar-refractivity contribution in [1.29, 1.82) is 0 Å². The summed E-state index contributed by atoms with van der Waals surface area (Å²) in [6.45, 7) is 7.60. The Morgan fingerprint density at radius 2 is 1.94 bits per heavy atom. The summed E-state index contributed by atoms with van der Waals surface area (Å²) in [7, 11) is 0. The molecule has 0 N–H and O–H groups in total. The van der Waals surface area contributed by atoms with Crippen LogP contribution in [0.5, 0.6) is 0 Å². The van der Waals surface area contributed by atoms with Gasteiger partial charge in [-0.1, -0.05) is 6.42 Å². The molecule has 0 bridgehead atoms. The lowest BCUT2D eigenvalue weighted by Crippen LogP contribution is -2.61. The fraction of sp³-hybridized carbons (Fsp3) is 0.846. The van der Waals surface area contributed by atoms with E-state index in [2.05, 4.69) is 4.90 Å². The molecule has 2 aliphatic heterocycles. The zero-order chi connectivity index (χ0) is 13.1. The van der Waals surface area contributed by atoms with Crippen molar-refractivity contribution < 1.29 is 9.59 Å². The van der Waals surface area contributed by atoms with Gasteiger partial charge in [0, 0.05) is 26.2 Å². The summed E-state index contributed by atoms with van der Waals surface area (Å²) < 4.78 is 0. The van der Waals surface area contributed by atoms with Crippen LogP contribution in [0.3, 0.4) is 0 Å². The van der Waals surface area contributed by atoms with Crippen LogP contribution in [-0.4, -0.2) is 65.4 Å². The molecule has 0 aliphatic carbocycles. The minimum atomic E-state index is -0.116. The number of urea groups is 1. The molecule has 0 saturated carbocycles. The summed E-state index contributed by atoms with van der Waals surface area (Å²) in [4.78, 5) is 30.0. The topological polar surface area (TPSA) is 43.9 Å². The Hall–Kier alpha value is -1.10. The monoisotopic (exact) mass is 253 g/mol. The van der Waals surface area contributed by atoms with Crippen LogP contribution in [0.15, 0.2) is 0 Å². The van der Waals surface area contributed by atoms with Gasteiger partial charge in [0.15, 0.2) is 0 Å². The van der Waals surface area contributed by atoms with E-state index in [9.17, 15) is 9.59 Å². The van der Waals surface area contributed by atoms with Crippen molar-refractivity contribution in [2.75, 3.05) is 32.7 Å². The van der Waals surface area contributed by atoms with Crippen molar-refractivity contribution >= 4 is 11.9 Å². The zero-order valence-electron chi connectivity index (χ0n) is 11.4. The lowest BCUT2D eigenvalue weighted by atomic mass is 9.99. The molecule has 2 aliphatic rings. The fourth-order valence-corrected chi connectivity index (χ4v) is 2.91. The second kappa shape index (κ2) is 5.69. The van der Waals surface area contributed by atoms with Crippen molar-refractivity contribution in [1.82, 2.24) is 14.7 Å². The lowest BCUT2D eigenvalue weighted by molar-refractivity contribution is -0.140. The third kappa shape index (κ3) is 2.36. The molecule has 5 heteroatoms. The molecule has 18 heavy (non-hydrogen) atoms. The number of amides is 3. The molecule has 0 aromatic heterocycles. The second-order valence-electron chi connectivity index (χ2n) is 4.99. The highest BCUT2D eigenvalue weighted by molar-refractivity contribution is 5.97. The van der Waals surface area contributed by atoms with Crippen molar-refractivity contribution in [3.8, 4) is 0 Å². The van der Waals surface area contributed by atoms with Gasteiger partial charge in [0.1, 0.15) is 0 Å². The van der Waals surface area contributed by atoms with E-state index in [1.807, 2.05) is 13.8 Å². The van der Waals surface area contributed by atoms with Crippen LogP contribution in [0.4, 0.5) is 4.79 Å². The molecular weight excluding hydrogens is 230 g/mol. The quantitative estimate of drug-likeness (QED) is 0.741. The lowest BCUT2D eigenvalue weighted by Gasteiger charge is -2.43. The third-order valence-electron chi connectivity index (χ3n) is 4.04. The van der Waals surface area contributed by atoms with Gasteiger partial charge in [0.2, 0.25) is 5.91 Å². The first-order valence-corrected chi connectivity index (χ1v) is 7.03. The third-order valence-corrected chi connectivity index (χ3v) is 4.04. The molecule has 2 fully saturated rings. The van der Waals surface area contributed by atoms with Crippen molar-refractivity contribution in [2.24, 2.45) is 0 Å². The number of imide groups is 1. The van der Waals surface area contributed by atoms with Crippen LogP contribution >= 0.6 is 0 Å². The predicted molar refractivity (Wildman–Crippen MR) is 69.2 cm³/mol. The number of fused-ring (bicyclic) bond motifs is 1. The molecule has 0 radical (unpaired) electrons. The maximum Gasteiger partial charge on any atom is 0.326 e. The standard InChI is InChI=1S/C13H23N3O2/c1-3-14(4-2)13(18)16-10-9-15-8-6-5-7-11(15)12(16)17/h11H,3-10H2,1-2H3. The smallest absolute Gasteiger partial charge is 0.325 e. The minimum absolute atomic E-state index is 0.0119. The summed E-state index contributed by atoms with van der Waals surface area (Å²) in [6, 6.07) is -0.165. The normalized spacial score (nSPS) is 24.9. The molecule has 0 aromatic carbocycles.